The number of hydrogen-bond donors (Lipinski definition) is 17. The summed E-state index contributed by atoms with van der Waals surface area (Å²) in [6, 6.07) is 0. The molecular formula is C63H100O32. The molecule has 95 heavy (non-hydrogen) atoms. The summed E-state index contributed by atoms with van der Waals surface area (Å²) in [5, 5.41) is 188. The number of aliphatic hydroxyl groups is 17. The summed E-state index contributed by atoms with van der Waals surface area (Å²) >= 11 is 0. The Morgan fingerprint density at radius 1 is 0.537 bits per heavy atom. The standard InChI is InChI=1S/C63H100O32/c1-8-27(67)30-15-23(2)63(95-30)16-35(70)62(7)26-9-10-34-59(4,25(26)11-14-61(62,63)6)13-12-36(60(34,5)22-66)90-54-47(81)45(79)41(75)33(89-54)21-85-56-50(38(72)28(68)19-83-56)93-58-52(94-53-46(80)43(77)37(71)24(3)86-53)49(42(76)32(18-65)88-58)91-57-51(39(73)29(69)20-84-57)92-55-48(82)44(78)40(74)31(17-64)87-55/h23-24,28-34,36-58,64-66,68-69,71-82H,8-22H2,1-7H3/t23-,24+,28+,29+,30+,31-,32-,33-,34-,36+,37+,38+,39+,40-,41-,42-,43-,44+,45+,46-,47-,48-,49+,50-,51-,52-,53+,54+,55+,56+,57+,58+,59-,60-,61+,62-,63+/m1/s1. The van der Waals surface area contributed by atoms with Gasteiger partial charge in [0.05, 0.1) is 62.9 Å². The predicted octanol–water partition coefficient (Wildman–Crippen LogP) is -5.97. The first-order valence-electron chi connectivity index (χ1n) is 33.4. The van der Waals surface area contributed by atoms with Crippen molar-refractivity contribution >= 4 is 11.6 Å². The fourth-order valence-corrected chi connectivity index (χ4v) is 18.0. The van der Waals surface area contributed by atoms with Crippen LogP contribution < -0.4 is 0 Å². The molecule has 0 unspecified atom stereocenters. The first-order valence-corrected chi connectivity index (χ1v) is 33.4. The fourth-order valence-electron chi connectivity index (χ4n) is 18.0. The van der Waals surface area contributed by atoms with Crippen molar-refractivity contribution in [1.82, 2.24) is 0 Å². The van der Waals surface area contributed by atoms with Gasteiger partial charge in [0.2, 0.25) is 0 Å². The van der Waals surface area contributed by atoms with Crippen LogP contribution in [0.3, 0.4) is 0 Å². The summed E-state index contributed by atoms with van der Waals surface area (Å²) in [5.41, 5.74) is -1.53. The number of fused-ring (bicyclic) bond motifs is 5. The van der Waals surface area contributed by atoms with Crippen molar-refractivity contribution in [3.8, 4) is 0 Å². The van der Waals surface area contributed by atoms with E-state index in [9.17, 15) is 96.4 Å². The molecule has 1 spiro atoms. The van der Waals surface area contributed by atoms with Crippen LogP contribution in [0.4, 0.5) is 0 Å². The maximum atomic E-state index is 14.8. The Morgan fingerprint density at radius 3 is 1.68 bits per heavy atom. The van der Waals surface area contributed by atoms with Crippen LogP contribution in [0.2, 0.25) is 0 Å². The second kappa shape index (κ2) is 28.3. The third-order valence-corrected chi connectivity index (χ3v) is 24.1. The maximum Gasteiger partial charge on any atom is 0.187 e. The number of Topliss-reactive ketones (excluding diaryl/α,β-unsaturated/α-hetero) is 2. The van der Waals surface area contributed by atoms with Crippen LogP contribution in [-0.4, -0.2) is 328 Å². The molecule has 11 rings (SSSR count). The molecule has 0 aromatic carbocycles. The second-order valence-corrected chi connectivity index (χ2v) is 29.2. The van der Waals surface area contributed by atoms with Gasteiger partial charge in [-0.3, -0.25) is 9.59 Å². The van der Waals surface area contributed by atoms with Gasteiger partial charge in [0.1, 0.15) is 140 Å². The predicted molar refractivity (Wildman–Crippen MR) is 312 cm³/mol. The first kappa shape index (κ1) is 74.1. The largest absolute Gasteiger partial charge is 0.396 e. The molecule has 9 fully saturated rings. The van der Waals surface area contributed by atoms with Crippen LogP contribution in [0.15, 0.2) is 11.1 Å². The summed E-state index contributed by atoms with van der Waals surface area (Å²) in [5.74, 6) is -0.127. The Morgan fingerprint density at radius 2 is 1.06 bits per heavy atom. The van der Waals surface area contributed by atoms with Gasteiger partial charge in [-0.2, -0.15) is 0 Å². The highest BCUT2D eigenvalue weighted by Gasteiger charge is 2.76. The Bertz CT molecular complexity index is 2710. The van der Waals surface area contributed by atoms with Crippen molar-refractivity contribution in [3.05, 3.63) is 11.1 Å². The van der Waals surface area contributed by atoms with Gasteiger partial charge >= 0.3 is 0 Å². The van der Waals surface area contributed by atoms with Crippen molar-refractivity contribution in [3.63, 3.8) is 0 Å². The van der Waals surface area contributed by atoms with E-state index in [-0.39, 0.29) is 36.4 Å². The van der Waals surface area contributed by atoms with Gasteiger partial charge in [-0.15, -0.1) is 0 Å². The molecule has 11 aliphatic rings. The number of allylic oxidation sites excluding steroid dienone is 2. The average molecular weight is 1370 g/mol. The summed E-state index contributed by atoms with van der Waals surface area (Å²) in [6.07, 6.45) is -49.2. The number of ketones is 2. The monoisotopic (exact) mass is 1370 g/mol. The molecule has 7 heterocycles. The van der Waals surface area contributed by atoms with Crippen LogP contribution in [-0.2, 0) is 71.2 Å². The number of aliphatic hydroxyl groups excluding tert-OH is 17. The van der Waals surface area contributed by atoms with E-state index in [2.05, 4.69) is 27.7 Å². The van der Waals surface area contributed by atoms with Crippen molar-refractivity contribution in [2.24, 2.45) is 33.5 Å². The lowest BCUT2D eigenvalue weighted by atomic mass is 9.42. The number of carbonyl (C=O) groups is 2. The highest BCUT2D eigenvalue weighted by molar-refractivity contribution is 5.94. The van der Waals surface area contributed by atoms with E-state index in [4.69, 9.17) is 61.6 Å². The number of ether oxygens (including phenoxy) is 13. The number of hydrogen-bond acceptors (Lipinski definition) is 32. The quantitative estimate of drug-likeness (QED) is 0.0568. The molecule has 0 aromatic heterocycles. The molecular weight excluding hydrogens is 1270 g/mol. The molecule has 7 aliphatic heterocycles. The average Bonchev–Trinajstić information content (AvgIpc) is 1.54. The van der Waals surface area contributed by atoms with Crippen LogP contribution in [0.1, 0.15) is 106 Å². The summed E-state index contributed by atoms with van der Waals surface area (Å²) in [6.45, 7) is 9.20. The Hall–Kier alpha value is -2.12. The summed E-state index contributed by atoms with van der Waals surface area (Å²) in [7, 11) is 0. The minimum atomic E-state index is -2.10. The van der Waals surface area contributed by atoms with E-state index in [1.807, 2.05) is 13.8 Å². The molecule has 32 nitrogen and oxygen atoms in total. The normalized spacial score (nSPS) is 54.3. The highest BCUT2D eigenvalue weighted by Crippen LogP contribution is 2.74. The van der Waals surface area contributed by atoms with E-state index in [1.165, 1.54) is 12.5 Å². The van der Waals surface area contributed by atoms with E-state index in [1.54, 1.807) is 0 Å². The minimum Gasteiger partial charge on any atom is -0.396 e. The van der Waals surface area contributed by atoms with Crippen LogP contribution in [0, 0.1) is 33.5 Å². The van der Waals surface area contributed by atoms with Crippen molar-refractivity contribution in [2.45, 2.75) is 296 Å². The van der Waals surface area contributed by atoms with Gasteiger partial charge in [-0.05, 0) is 76.0 Å². The van der Waals surface area contributed by atoms with E-state index < -0.39 is 245 Å². The minimum absolute atomic E-state index is 0.0286. The van der Waals surface area contributed by atoms with E-state index in [0.717, 1.165) is 5.57 Å². The van der Waals surface area contributed by atoms with Gasteiger partial charge in [-0.1, -0.05) is 45.8 Å². The van der Waals surface area contributed by atoms with E-state index >= 15 is 0 Å². The SMILES string of the molecule is CCC(=O)[C@@H]1C[C@@H](C)[C@]2(CC(=O)[C@@]3(C)C4=C(CC[C@@]32C)[C@@]2(C)CC[C@H](O[C@@H]3O[C@H](CO[C@@H]5OC[C@H](O)[C@H](O)[C@H]5O[C@@H]5O[C@H](CO)[C@@H](O)[C@H](O[C@@H]6OC[C@H](O)[C@H](O)[C@H]6O[C@@H]6O[C@H](CO)[C@@H](O)[C@H](O)[C@H]6O)[C@H]5O[C@@H]5O[C@@H](C)[C@H](O)[C@@H](O)[C@H]5O)[C@@H](O)[C@H](O)[C@H]3O)[C@](C)(CO)[C@@H]2CC4)O1. The zero-order valence-corrected chi connectivity index (χ0v) is 54.3. The van der Waals surface area contributed by atoms with Crippen molar-refractivity contribution in [2.75, 3.05) is 39.6 Å². The van der Waals surface area contributed by atoms with Crippen LogP contribution in [0.25, 0.3) is 0 Å². The zero-order valence-electron chi connectivity index (χ0n) is 54.3. The number of carbonyl (C=O) groups excluding carboxylic acids is 2. The second-order valence-electron chi connectivity index (χ2n) is 29.2. The maximum absolute atomic E-state index is 14.8. The van der Waals surface area contributed by atoms with Gasteiger partial charge < -0.3 is 148 Å². The molecule has 0 aromatic rings. The topological polar surface area (TPSA) is 498 Å². The van der Waals surface area contributed by atoms with Gasteiger partial charge in [-0.25, -0.2) is 0 Å². The Balaban J connectivity index is 0.818. The molecule has 32 heteroatoms. The Kier molecular flexibility index (Phi) is 22.0. The lowest BCUT2D eigenvalue weighted by Gasteiger charge is -2.63. The lowest BCUT2D eigenvalue weighted by molar-refractivity contribution is -0.410. The highest BCUT2D eigenvalue weighted by atomic mass is 16.8. The zero-order chi connectivity index (χ0) is 69.1. The van der Waals surface area contributed by atoms with Gasteiger partial charge in [0, 0.05) is 23.7 Å². The first-order chi connectivity index (χ1) is 44.8. The third-order valence-electron chi connectivity index (χ3n) is 24.1. The Labute approximate surface area is 548 Å². The van der Waals surface area contributed by atoms with Crippen molar-refractivity contribution < 1.29 is 158 Å². The van der Waals surface area contributed by atoms with Gasteiger partial charge in [0.15, 0.2) is 43.5 Å². The third kappa shape index (κ3) is 12.4. The molecule has 2 saturated carbocycles. The lowest BCUT2D eigenvalue weighted by Crippen LogP contribution is -2.68. The fraction of sp³-hybridized carbons (Fsp3) is 0.937. The summed E-state index contributed by atoms with van der Waals surface area (Å²) in [4.78, 5) is 27.8. The van der Waals surface area contributed by atoms with Crippen molar-refractivity contribution in [1.29, 1.82) is 0 Å². The van der Waals surface area contributed by atoms with E-state index in [0.29, 0.717) is 51.4 Å². The molecule has 0 radical (unpaired) electrons. The molecule has 0 bridgehead atoms. The molecule has 37 atom stereocenters. The van der Waals surface area contributed by atoms with Crippen LogP contribution in [0.5, 0.6) is 0 Å². The molecule has 544 valence electrons. The smallest absolute Gasteiger partial charge is 0.187 e. The summed E-state index contributed by atoms with van der Waals surface area (Å²) < 4.78 is 79.3. The van der Waals surface area contributed by atoms with Crippen LogP contribution >= 0.6 is 0 Å². The molecule has 17 N–H and O–H groups in total. The number of rotatable bonds is 18. The molecule has 7 saturated heterocycles. The molecule has 4 aliphatic carbocycles. The molecule has 0 amide bonds. The van der Waals surface area contributed by atoms with Gasteiger partial charge in [0.25, 0.3) is 0 Å².